The van der Waals surface area contributed by atoms with E-state index in [0.717, 1.165) is 23.7 Å². The van der Waals surface area contributed by atoms with Gasteiger partial charge in [0.15, 0.2) is 0 Å². The first-order valence-electron chi connectivity index (χ1n) is 7.89. The topological polar surface area (TPSA) is 87.2 Å². The zero-order chi connectivity index (χ0) is 18.4. The van der Waals surface area contributed by atoms with E-state index in [1.165, 1.54) is 18.2 Å². The Morgan fingerprint density at radius 1 is 1.28 bits per heavy atom. The highest BCUT2D eigenvalue weighted by Gasteiger charge is 2.15. The number of nitrogens with one attached hydrogen (secondary N) is 2. The lowest BCUT2D eigenvalue weighted by Gasteiger charge is -2.10. The van der Waals surface area contributed by atoms with Gasteiger partial charge in [0.25, 0.3) is 11.5 Å². The maximum absolute atomic E-state index is 13.8. The SMILES string of the molecule is CN(C)CCCNC(=O)c1c[nH]c(=O)n(Cc2ccccc2F)c1=O. The third-order valence-corrected chi connectivity index (χ3v) is 3.66. The monoisotopic (exact) mass is 348 g/mol. The lowest BCUT2D eigenvalue weighted by Crippen LogP contribution is -2.41. The summed E-state index contributed by atoms with van der Waals surface area (Å²) >= 11 is 0. The first kappa shape index (κ1) is 18.6. The molecule has 0 saturated carbocycles. The van der Waals surface area contributed by atoms with Crippen molar-refractivity contribution >= 4 is 5.91 Å². The summed E-state index contributed by atoms with van der Waals surface area (Å²) in [4.78, 5) is 40.8. The van der Waals surface area contributed by atoms with Crippen molar-refractivity contribution in [1.82, 2.24) is 19.8 Å². The molecule has 8 heteroatoms. The zero-order valence-electron chi connectivity index (χ0n) is 14.2. The van der Waals surface area contributed by atoms with Gasteiger partial charge >= 0.3 is 5.69 Å². The fourth-order valence-electron chi connectivity index (χ4n) is 2.31. The Balaban J connectivity index is 2.19. The second-order valence-corrected chi connectivity index (χ2v) is 5.90. The second-order valence-electron chi connectivity index (χ2n) is 5.90. The number of aromatic amines is 1. The summed E-state index contributed by atoms with van der Waals surface area (Å²) in [6.45, 7) is 0.953. The van der Waals surface area contributed by atoms with Crippen LogP contribution in [-0.4, -0.2) is 47.5 Å². The van der Waals surface area contributed by atoms with Crippen LogP contribution in [0.25, 0.3) is 0 Å². The lowest BCUT2D eigenvalue weighted by molar-refractivity contribution is 0.0949. The zero-order valence-corrected chi connectivity index (χ0v) is 14.2. The van der Waals surface area contributed by atoms with E-state index in [2.05, 4.69) is 10.3 Å². The molecule has 0 radical (unpaired) electrons. The number of hydrogen-bond donors (Lipinski definition) is 2. The summed E-state index contributed by atoms with van der Waals surface area (Å²) in [5.41, 5.74) is -1.44. The highest BCUT2D eigenvalue weighted by Crippen LogP contribution is 2.06. The molecule has 25 heavy (non-hydrogen) atoms. The van der Waals surface area contributed by atoms with E-state index in [4.69, 9.17) is 0 Å². The quantitative estimate of drug-likeness (QED) is 0.710. The number of benzene rings is 1. The number of hydrogen-bond acceptors (Lipinski definition) is 4. The number of carbonyl (C=O) groups is 1. The molecule has 0 bridgehead atoms. The van der Waals surface area contributed by atoms with Gasteiger partial charge in [-0.15, -0.1) is 0 Å². The van der Waals surface area contributed by atoms with Crippen LogP contribution in [0.1, 0.15) is 22.3 Å². The molecule has 0 aliphatic carbocycles. The molecule has 1 aromatic carbocycles. The standard InChI is InChI=1S/C17H21FN4O3/c1-21(2)9-5-8-19-15(23)13-10-20-17(25)22(16(13)24)11-12-6-3-4-7-14(12)18/h3-4,6-7,10H,5,8-9,11H2,1-2H3,(H,19,23)(H,20,25). The van der Waals surface area contributed by atoms with Crippen LogP contribution in [0, 0.1) is 5.82 Å². The molecule has 2 aromatic rings. The van der Waals surface area contributed by atoms with Crippen LogP contribution in [0.4, 0.5) is 4.39 Å². The molecule has 134 valence electrons. The average Bonchev–Trinajstić information content (AvgIpc) is 2.56. The summed E-state index contributed by atoms with van der Waals surface area (Å²) < 4.78 is 14.6. The normalized spacial score (nSPS) is 10.9. The van der Waals surface area contributed by atoms with Crippen molar-refractivity contribution < 1.29 is 9.18 Å². The predicted octanol–water partition coefficient (Wildman–Crippen LogP) is 0.406. The lowest BCUT2D eigenvalue weighted by atomic mass is 10.2. The highest BCUT2D eigenvalue weighted by molar-refractivity contribution is 5.93. The molecule has 2 rings (SSSR count). The number of aromatic nitrogens is 2. The third kappa shape index (κ3) is 4.87. The molecule has 1 aromatic heterocycles. The molecule has 0 aliphatic heterocycles. The number of rotatable bonds is 7. The van der Waals surface area contributed by atoms with E-state index >= 15 is 0 Å². The van der Waals surface area contributed by atoms with Gasteiger partial charge in [-0.1, -0.05) is 18.2 Å². The summed E-state index contributed by atoms with van der Waals surface area (Å²) in [6.07, 6.45) is 1.81. The summed E-state index contributed by atoms with van der Waals surface area (Å²) in [5, 5.41) is 2.64. The largest absolute Gasteiger partial charge is 0.352 e. The number of amides is 1. The fourth-order valence-corrected chi connectivity index (χ4v) is 2.31. The first-order valence-corrected chi connectivity index (χ1v) is 7.89. The summed E-state index contributed by atoms with van der Waals surface area (Å²) in [7, 11) is 3.84. The van der Waals surface area contributed by atoms with Crippen LogP contribution in [-0.2, 0) is 6.54 Å². The number of halogens is 1. The molecule has 0 unspecified atom stereocenters. The maximum Gasteiger partial charge on any atom is 0.328 e. The summed E-state index contributed by atoms with van der Waals surface area (Å²) in [6, 6.07) is 5.85. The first-order chi connectivity index (χ1) is 11.9. The average molecular weight is 348 g/mol. The van der Waals surface area contributed by atoms with E-state index in [9.17, 15) is 18.8 Å². The number of H-pyrrole nitrogens is 1. The van der Waals surface area contributed by atoms with Gasteiger partial charge in [-0.25, -0.2) is 9.18 Å². The Morgan fingerprint density at radius 3 is 2.68 bits per heavy atom. The van der Waals surface area contributed by atoms with Crippen LogP contribution in [0.2, 0.25) is 0 Å². The van der Waals surface area contributed by atoms with E-state index in [1.807, 2.05) is 19.0 Å². The van der Waals surface area contributed by atoms with Crippen LogP contribution in [0.15, 0.2) is 40.1 Å². The van der Waals surface area contributed by atoms with Crippen LogP contribution < -0.4 is 16.6 Å². The Bertz CT molecular complexity index is 857. The van der Waals surface area contributed by atoms with Crippen LogP contribution in [0.5, 0.6) is 0 Å². The van der Waals surface area contributed by atoms with Gasteiger partial charge in [0, 0.05) is 18.3 Å². The minimum absolute atomic E-state index is 0.180. The number of carbonyl (C=O) groups excluding carboxylic acids is 1. The van der Waals surface area contributed by atoms with Crippen molar-refractivity contribution in [3.05, 3.63) is 68.2 Å². The van der Waals surface area contributed by atoms with E-state index in [-0.39, 0.29) is 17.7 Å². The van der Waals surface area contributed by atoms with Gasteiger partial charge < -0.3 is 15.2 Å². The van der Waals surface area contributed by atoms with E-state index in [1.54, 1.807) is 6.07 Å². The van der Waals surface area contributed by atoms with E-state index < -0.39 is 23.0 Å². The minimum Gasteiger partial charge on any atom is -0.352 e. The van der Waals surface area contributed by atoms with Crippen molar-refractivity contribution in [1.29, 1.82) is 0 Å². The molecule has 0 atom stereocenters. The molecular weight excluding hydrogens is 327 g/mol. The van der Waals surface area contributed by atoms with Gasteiger partial charge in [0.1, 0.15) is 11.4 Å². The molecule has 1 heterocycles. The molecule has 0 fully saturated rings. The molecule has 0 spiro atoms. The molecule has 2 N–H and O–H groups in total. The van der Waals surface area contributed by atoms with Crippen LogP contribution in [0.3, 0.4) is 0 Å². The van der Waals surface area contributed by atoms with Crippen molar-refractivity contribution in [3.63, 3.8) is 0 Å². The van der Waals surface area contributed by atoms with Crippen molar-refractivity contribution in [3.8, 4) is 0 Å². The maximum atomic E-state index is 13.8. The van der Waals surface area contributed by atoms with Gasteiger partial charge in [-0.3, -0.25) is 14.2 Å². The Labute approximate surface area is 144 Å². The van der Waals surface area contributed by atoms with E-state index in [0.29, 0.717) is 6.54 Å². The molecule has 1 amide bonds. The molecule has 7 nitrogen and oxygen atoms in total. The second kappa shape index (κ2) is 8.39. The highest BCUT2D eigenvalue weighted by atomic mass is 19.1. The van der Waals surface area contributed by atoms with Crippen molar-refractivity contribution in [2.24, 2.45) is 0 Å². The molecule has 0 saturated heterocycles. The van der Waals surface area contributed by atoms with Crippen molar-refractivity contribution in [2.45, 2.75) is 13.0 Å². The molecule has 0 aliphatic rings. The Kier molecular flexibility index (Phi) is 6.24. The molecular formula is C17H21FN4O3. The Morgan fingerprint density at radius 2 is 2.00 bits per heavy atom. The van der Waals surface area contributed by atoms with Gasteiger partial charge in [-0.2, -0.15) is 0 Å². The smallest absolute Gasteiger partial charge is 0.328 e. The minimum atomic E-state index is -0.753. The van der Waals surface area contributed by atoms with Gasteiger partial charge in [0.2, 0.25) is 0 Å². The van der Waals surface area contributed by atoms with Crippen molar-refractivity contribution in [2.75, 3.05) is 27.2 Å². The Hall–Kier alpha value is -2.74. The van der Waals surface area contributed by atoms with Crippen LogP contribution >= 0.6 is 0 Å². The van der Waals surface area contributed by atoms with Gasteiger partial charge in [-0.05, 0) is 33.1 Å². The third-order valence-electron chi connectivity index (χ3n) is 3.66. The number of nitrogens with zero attached hydrogens (tertiary/aromatic N) is 2. The predicted molar refractivity (Wildman–Crippen MR) is 92.3 cm³/mol. The summed E-state index contributed by atoms with van der Waals surface area (Å²) in [5.74, 6) is -1.09. The fraction of sp³-hybridized carbons (Fsp3) is 0.353. The van der Waals surface area contributed by atoms with Gasteiger partial charge in [0.05, 0.1) is 6.54 Å².